The summed E-state index contributed by atoms with van der Waals surface area (Å²) in [6.45, 7) is 0.476. The second-order valence-electron chi connectivity index (χ2n) is 7.07. The van der Waals surface area contributed by atoms with Crippen molar-refractivity contribution in [2.45, 2.75) is 22.5 Å². The first kappa shape index (κ1) is 16.2. The van der Waals surface area contributed by atoms with Crippen LogP contribution in [0.25, 0.3) is 0 Å². The third-order valence-corrected chi connectivity index (χ3v) is 8.54. The van der Waals surface area contributed by atoms with Gasteiger partial charge in [-0.25, -0.2) is 13.1 Å². The topological polar surface area (TPSA) is 46.2 Å². The van der Waals surface area contributed by atoms with Crippen molar-refractivity contribution in [1.82, 2.24) is 4.72 Å². The van der Waals surface area contributed by atoms with Gasteiger partial charge < -0.3 is 0 Å². The number of sulfonamides is 1. The summed E-state index contributed by atoms with van der Waals surface area (Å²) in [6.07, 6.45) is 0.992. The lowest BCUT2D eigenvalue weighted by molar-refractivity contribution is 0.355. The Kier molecular flexibility index (Phi) is 3.78. The highest BCUT2D eigenvalue weighted by Gasteiger charge is 2.43. The normalized spacial score (nSPS) is 23.5. The van der Waals surface area contributed by atoms with Crippen molar-refractivity contribution in [3.05, 3.63) is 88.3 Å². The lowest BCUT2D eigenvalue weighted by Gasteiger charge is -2.45. The molecular weight excluding hydrogens is 362 g/mol. The highest BCUT2D eigenvalue weighted by Crippen LogP contribution is 2.55. The minimum absolute atomic E-state index is 0.262. The molecule has 3 nitrogen and oxygen atoms in total. The average Bonchev–Trinajstić information content (AvgIpc) is 3.22. The first-order valence-electron chi connectivity index (χ1n) is 8.86. The molecule has 2 aromatic carbocycles. The Balaban J connectivity index is 1.49. The molecule has 6 rings (SSSR count). The second kappa shape index (κ2) is 6.05. The third kappa shape index (κ3) is 2.46. The molecule has 1 aromatic heterocycles. The fourth-order valence-electron chi connectivity index (χ4n) is 4.66. The minimum Gasteiger partial charge on any atom is -0.210 e. The number of hydrogen-bond acceptors (Lipinski definition) is 3. The molecule has 0 radical (unpaired) electrons. The standard InChI is InChI=1S/C21H19NO2S2/c23-26(24,20-10-5-11-25-20)22-13-14-12-19-15-6-1-3-8-17(15)21(14)18-9-4-2-7-16(18)19/h1-11,14,19,21-22H,12-13H2. The van der Waals surface area contributed by atoms with E-state index in [1.54, 1.807) is 17.5 Å². The molecule has 3 aliphatic rings. The first-order valence-corrected chi connectivity index (χ1v) is 11.2. The smallest absolute Gasteiger partial charge is 0.210 e. The van der Waals surface area contributed by atoms with E-state index >= 15 is 0 Å². The number of thiophene rings is 1. The zero-order chi connectivity index (χ0) is 17.7. The number of benzene rings is 2. The molecule has 5 heteroatoms. The van der Waals surface area contributed by atoms with Crippen molar-refractivity contribution in [3.8, 4) is 0 Å². The fourth-order valence-corrected chi connectivity index (χ4v) is 6.80. The Morgan fingerprint density at radius 3 is 2.08 bits per heavy atom. The molecule has 132 valence electrons. The summed E-state index contributed by atoms with van der Waals surface area (Å²) in [6, 6.07) is 20.7. The first-order chi connectivity index (χ1) is 12.6. The molecule has 2 bridgehead atoms. The molecule has 3 aromatic rings. The van der Waals surface area contributed by atoms with Gasteiger partial charge in [0.15, 0.2) is 0 Å². The van der Waals surface area contributed by atoms with Gasteiger partial charge in [-0.05, 0) is 46.0 Å². The molecule has 3 aliphatic carbocycles. The van der Waals surface area contributed by atoms with E-state index < -0.39 is 10.0 Å². The Hall–Kier alpha value is -1.95. The van der Waals surface area contributed by atoms with Crippen molar-refractivity contribution in [2.24, 2.45) is 5.92 Å². The lowest BCUT2D eigenvalue weighted by Crippen LogP contribution is -2.39. The van der Waals surface area contributed by atoms with Crippen LogP contribution in [0.1, 0.15) is 40.5 Å². The summed E-state index contributed by atoms with van der Waals surface area (Å²) in [5.74, 6) is 0.904. The van der Waals surface area contributed by atoms with Crippen LogP contribution in [0.4, 0.5) is 0 Å². The van der Waals surface area contributed by atoms with Gasteiger partial charge in [0.25, 0.3) is 0 Å². The Labute approximate surface area is 157 Å². The molecule has 1 heterocycles. The van der Waals surface area contributed by atoms with Gasteiger partial charge in [0.1, 0.15) is 4.21 Å². The van der Waals surface area contributed by atoms with Gasteiger partial charge >= 0.3 is 0 Å². The molecule has 26 heavy (non-hydrogen) atoms. The average molecular weight is 382 g/mol. The quantitative estimate of drug-likeness (QED) is 0.731. The second-order valence-corrected chi connectivity index (χ2v) is 10.0. The van der Waals surface area contributed by atoms with Crippen LogP contribution in [0.2, 0.25) is 0 Å². The molecule has 0 fully saturated rings. The van der Waals surface area contributed by atoms with E-state index in [2.05, 4.69) is 53.3 Å². The highest BCUT2D eigenvalue weighted by atomic mass is 32.2. The number of fused-ring (bicyclic) bond motifs is 1. The maximum atomic E-state index is 12.5. The number of rotatable bonds is 4. The van der Waals surface area contributed by atoms with E-state index in [9.17, 15) is 8.42 Å². The Morgan fingerprint density at radius 1 is 0.885 bits per heavy atom. The molecule has 1 unspecified atom stereocenters. The van der Waals surface area contributed by atoms with Crippen LogP contribution in [0.5, 0.6) is 0 Å². The summed E-state index contributed by atoms with van der Waals surface area (Å²) in [5.41, 5.74) is 5.55. The molecule has 0 amide bonds. The van der Waals surface area contributed by atoms with Crippen molar-refractivity contribution >= 4 is 21.4 Å². The fraction of sp³-hybridized carbons (Fsp3) is 0.238. The van der Waals surface area contributed by atoms with E-state index in [4.69, 9.17) is 0 Å². The zero-order valence-electron chi connectivity index (χ0n) is 14.1. The molecule has 0 saturated carbocycles. The zero-order valence-corrected chi connectivity index (χ0v) is 15.8. The van der Waals surface area contributed by atoms with Gasteiger partial charge in [0.2, 0.25) is 10.0 Å². The molecule has 1 N–H and O–H groups in total. The van der Waals surface area contributed by atoms with E-state index in [1.165, 1.54) is 33.6 Å². The number of hydrogen-bond donors (Lipinski definition) is 1. The van der Waals surface area contributed by atoms with Gasteiger partial charge in [-0.15, -0.1) is 11.3 Å². The molecule has 0 aliphatic heterocycles. The van der Waals surface area contributed by atoms with E-state index in [1.807, 2.05) is 0 Å². The van der Waals surface area contributed by atoms with E-state index in [-0.39, 0.29) is 11.8 Å². The van der Waals surface area contributed by atoms with Gasteiger partial charge in [-0.2, -0.15) is 0 Å². The van der Waals surface area contributed by atoms with Crippen molar-refractivity contribution in [1.29, 1.82) is 0 Å². The van der Waals surface area contributed by atoms with Crippen LogP contribution in [0.3, 0.4) is 0 Å². The molecule has 0 spiro atoms. The monoisotopic (exact) mass is 381 g/mol. The van der Waals surface area contributed by atoms with Crippen LogP contribution in [0, 0.1) is 5.92 Å². The van der Waals surface area contributed by atoms with Gasteiger partial charge in [-0.1, -0.05) is 54.6 Å². The maximum Gasteiger partial charge on any atom is 0.250 e. The summed E-state index contributed by atoms with van der Waals surface area (Å²) in [5, 5.41) is 1.80. The predicted molar refractivity (Wildman–Crippen MR) is 104 cm³/mol. The predicted octanol–water partition coefficient (Wildman–Crippen LogP) is 4.32. The van der Waals surface area contributed by atoms with Crippen molar-refractivity contribution < 1.29 is 8.42 Å². The highest BCUT2D eigenvalue weighted by molar-refractivity contribution is 7.91. The third-order valence-electron chi connectivity index (χ3n) is 5.72. The Morgan fingerprint density at radius 2 is 1.50 bits per heavy atom. The van der Waals surface area contributed by atoms with Crippen LogP contribution >= 0.6 is 11.3 Å². The van der Waals surface area contributed by atoms with Gasteiger partial charge in [-0.3, -0.25) is 0 Å². The minimum atomic E-state index is -3.42. The van der Waals surface area contributed by atoms with Crippen molar-refractivity contribution in [3.63, 3.8) is 0 Å². The van der Waals surface area contributed by atoms with E-state index in [0.717, 1.165) is 6.42 Å². The van der Waals surface area contributed by atoms with Gasteiger partial charge in [0.05, 0.1) is 0 Å². The van der Waals surface area contributed by atoms with Crippen molar-refractivity contribution in [2.75, 3.05) is 6.54 Å². The molecule has 1 atom stereocenters. The summed E-state index contributed by atoms with van der Waals surface area (Å²) in [7, 11) is -3.42. The Bertz CT molecular complexity index is 1010. The van der Waals surface area contributed by atoms with Crippen LogP contribution < -0.4 is 4.72 Å². The molecular formula is C21H19NO2S2. The summed E-state index contributed by atoms with van der Waals surface area (Å²) in [4.78, 5) is 0. The van der Waals surface area contributed by atoms with E-state index in [0.29, 0.717) is 16.7 Å². The maximum absolute atomic E-state index is 12.5. The summed E-state index contributed by atoms with van der Waals surface area (Å²) < 4.78 is 28.3. The van der Waals surface area contributed by atoms with Crippen LogP contribution in [0.15, 0.2) is 70.3 Å². The van der Waals surface area contributed by atoms with Crippen LogP contribution in [-0.2, 0) is 10.0 Å². The lowest BCUT2D eigenvalue weighted by atomic mass is 9.59. The SMILES string of the molecule is O=S(=O)(NCC1CC2c3ccccc3C1c1ccccc12)c1cccs1. The molecule has 0 saturated heterocycles. The van der Waals surface area contributed by atoms with Gasteiger partial charge in [0, 0.05) is 18.4 Å². The summed E-state index contributed by atoms with van der Waals surface area (Å²) >= 11 is 1.26. The largest absolute Gasteiger partial charge is 0.250 e. The van der Waals surface area contributed by atoms with Crippen LogP contribution in [-0.4, -0.2) is 15.0 Å². The number of nitrogens with one attached hydrogen (secondary N) is 1.